The third kappa shape index (κ3) is 4.25. The third-order valence-corrected chi connectivity index (χ3v) is 5.33. The van der Waals surface area contributed by atoms with Gasteiger partial charge in [0.15, 0.2) is 23.9 Å². The van der Waals surface area contributed by atoms with Gasteiger partial charge in [-0.3, -0.25) is 9.59 Å². The van der Waals surface area contributed by atoms with Gasteiger partial charge in [0.25, 0.3) is 5.91 Å². The zero-order valence-corrected chi connectivity index (χ0v) is 18.5. The lowest BCUT2D eigenvalue weighted by Gasteiger charge is -2.12. The molecule has 3 aromatic rings. The number of carbonyl (C=O) groups excluding carboxylic acids is 2. The lowest BCUT2D eigenvalue weighted by molar-refractivity contribution is -0.118. The lowest BCUT2D eigenvalue weighted by atomic mass is 10.1. The number of nitrogens with one attached hydrogen (secondary N) is 1. The molecule has 0 saturated heterocycles. The number of Topliss-reactive ketones (excluding diaryl/α,β-unsaturated/α-hetero) is 1. The molecule has 2 aliphatic heterocycles. The van der Waals surface area contributed by atoms with Gasteiger partial charge >= 0.3 is 0 Å². The molecule has 0 unspecified atom stereocenters. The Kier molecular flexibility index (Phi) is 5.55. The molecule has 1 amide bonds. The van der Waals surface area contributed by atoms with Crippen molar-refractivity contribution in [1.29, 1.82) is 0 Å². The molecule has 1 N–H and O–H groups in total. The summed E-state index contributed by atoms with van der Waals surface area (Å²) in [4.78, 5) is 25.1. The van der Waals surface area contributed by atoms with Crippen LogP contribution in [0.4, 0.5) is 5.69 Å². The van der Waals surface area contributed by atoms with Gasteiger partial charge in [-0.05, 0) is 60.5 Å². The molecule has 3 aromatic carbocycles. The number of benzene rings is 3. The largest absolute Gasteiger partial charge is 0.495 e. The smallest absolute Gasteiger partial charge is 0.262 e. The Morgan fingerprint density at radius 1 is 1.03 bits per heavy atom. The maximum atomic E-state index is 12.7. The number of amides is 1. The average Bonchev–Trinajstić information content (AvgIpc) is 3.42. The summed E-state index contributed by atoms with van der Waals surface area (Å²) in [5, 5.41) is 2.78. The molecule has 0 aliphatic carbocycles. The quantitative estimate of drug-likeness (QED) is 0.548. The van der Waals surface area contributed by atoms with Crippen molar-refractivity contribution in [2.45, 2.75) is 6.92 Å². The van der Waals surface area contributed by atoms with Crippen molar-refractivity contribution in [3.63, 3.8) is 0 Å². The van der Waals surface area contributed by atoms with Gasteiger partial charge in [0.05, 0.1) is 18.4 Å². The van der Waals surface area contributed by atoms with Crippen LogP contribution in [0, 0.1) is 6.92 Å². The van der Waals surface area contributed by atoms with Crippen LogP contribution < -0.4 is 29.0 Å². The van der Waals surface area contributed by atoms with Gasteiger partial charge in [-0.25, -0.2) is 0 Å². The molecule has 0 bridgehead atoms. The zero-order chi connectivity index (χ0) is 23.7. The predicted octanol–water partition coefficient (Wildman–Crippen LogP) is 4.37. The number of rotatable bonds is 6. The third-order valence-electron chi connectivity index (χ3n) is 5.33. The summed E-state index contributed by atoms with van der Waals surface area (Å²) < 4.78 is 27.3. The molecule has 0 radical (unpaired) electrons. The van der Waals surface area contributed by atoms with E-state index in [9.17, 15) is 9.59 Å². The van der Waals surface area contributed by atoms with Gasteiger partial charge in [-0.2, -0.15) is 0 Å². The highest BCUT2D eigenvalue weighted by Crippen LogP contribution is 2.37. The molecule has 2 heterocycles. The minimum absolute atomic E-state index is 0.176. The molecule has 0 spiro atoms. The van der Waals surface area contributed by atoms with Gasteiger partial charge in [0.2, 0.25) is 12.6 Å². The normalized spacial score (nSPS) is 14.5. The molecule has 2 aliphatic rings. The summed E-state index contributed by atoms with van der Waals surface area (Å²) >= 11 is 0. The van der Waals surface area contributed by atoms with E-state index in [1.807, 2.05) is 25.1 Å². The Balaban J connectivity index is 1.25. The molecule has 0 aromatic heterocycles. The highest BCUT2D eigenvalue weighted by Gasteiger charge is 2.28. The maximum absolute atomic E-state index is 12.7. The van der Waals surface area contributed by atoms with Gasteiger partial charge in [-0.1, -0.05) is 12.1 Å². The lowest BCUT2D eigenvalue weighted by Crippen LogP contribution is -2.20. The van der Waals surface area contributed by atoms with Crippen LogP contribution in [0.1, 0.15) is 21.5 Å². The van der Waals surface area contributed by atoms with Crippen LogP contribution in [-0.4, -0.2) is 32.2 Å². The molecule has 172 valence electrons. The van der Waals surface area contributed by atoms with Crippen LogP contribution in [0.25, 0.3) is 6.08 Å². The van der Waals surface area contributed by atoms with Gasteiger partial charge in [-0.15, -0.1) is 0 Å². The van der Waals surface area contributed by atoms with Gasteiger partial charge in [0.1, 0.15) is 17.2 Å². The first-order valence-electron chi connectivity index (χ1n) is 10.6. The van der Waals surface area contributed by atoms with Crippen LogP contribution in [0.5, 0.6) is 28.7 Å². The van der Waals surface area contributed by atoms with Crippen molar-refractivity contribution in [3.05, 3.63) is 77.0 Å². The van der Waals surface area contributed by atoms with E-state index in [-0.39, 0.29) is 30.8 Å². The Bertz CT molecular complexity index is 1330. The standard InChI is InChI=1S/C26H21NO7/c1-15-3-7-20(30-2)19(9-15)27-25(28)13-31-17-5-6-18-22(12-17)34-24(26(18)29)11-16-4-8-21-23(10-16)33-14-32-21/h3-12H,13-14H2,1-2H3,(H,27,28). The average molecular weight is 459 g/mol. The van der Waals surface area contributed by atoms with E-state index in [2.05, 4.69) is 5.32 Å². The minimum atomic E-state index is -0.343. The first kappa shape index (κ1) is 21.4. The molecule has 34 heavy (non-hydrogen) atoms. The van der Waals surface area contributed by atoms with E-state index in [1.54, 1.807) is 42.5 Å². The summed E-state index contributed by atoms with van der Waals surface area (Å²) in [6.45, 7) is 1.88. The summed E-state index contributed by atoms with van der Waals surface area (Å²) in [7, 11) is 1.54. The van der Waals surface area contributed by atoms with E-state index < -0.39 is 0 Å². The fraction of sp³-hybridized carbons (Fsp3) is 0.154. The van der Waals surface area contributed by atoms with Crippen molar-refractivity contribution < 1.29 is 33.3 Å². The van der Waals surface area contributed by atoms with Crippen LogP contribution >= 0.6 is 0 Å². The van der Waals surface area contributed by atoms with Crippen LogP contribution in [0.2, 0.25) is 0 Å². The van der Waals surface area contributed by atoms with Crippen molar-refractivity contribution in [2.24, 2.45) is 0 Å². The van der Waals surface area contributed by atoms with Crippen LogP contribution in [0.3, 0.4) is 0 Å². The van der Waals surface area contributed by atoms with E-state index in [0.29, 0.717) is 40.0 Å². The molecule has 5 rings (SSSR count). The van der Waals surface area contributed by atoms with Crippen molar-refractivity contribution >= 4 is 23.5 Å². The highest BCUT2D eigenvalue weighted by atomic mass is 16.7. The van der Waals surface area contributed by atoms with E-state index in [4.69, 9.17) is 23.7 Å². The first-order valence-corrected chi connectivity index (χ1v) is 10.6. The minimum Gasteiger partial charge on any atom is -0.495 e. The molecule has 8 nitrogen and oxygen atoms in total. The Morgan fingerprint density at radius 2 is 1.88 bits per heavy atom. The molecular formula is C26H21NO7. The number of hydrogen-bond acceptors (Lipinski definition) is 7. The monoisotopic (exact) mass is 459 g/mol. The predicted molar refractivity (Wildman–Crippen MR) is 124 cm³/mol. The van der Waals surface area contributed by atoms with Gasteiger partial charge in [0, 0.05) is 6.07 Å². The Labute approximate surface area is 195 Å². The van der Waals surface area contributed by atoms with E-state index in [1.165, 1.54) is 7.11 Å². The number of ether oxygens (including phenoxy) is 5. The molecular weight excluding hydrogens is 438 g/mol. The van der Waals surface area contributed by atoms with Gasteiger partial charge < -0.3 is 29.0 Å². The summed E-state index contributed by atoms with van der Waals surface area (Å²) in [5.74, 6) is 2.23. The number of allylic oxidation sites excluding steroid dienone is 1. The Hall–Kier alpha value is -4.46. The number of aryl methyl sites for hydroxylation is 1. The second kappa shape index (κ2) is 8.82. The summed E-state index contributed by atoms with van der Waals surface area (Å²) in [6, 6.07) is 15.7. The topological polar surface area (TPSA) is 92.3 Å². The second-order valence-electron chi connectivity index (χ2n) is 7.75. The molecule has 0 saturated carbocycles. The van der Waals surface area contributed by atoms with Crippen molar-refractivity contribution in [2.75, 3.05) is 25.8 Å². The summed E-state index contributed by atoms with van der Waals surface area (Å²) in [6.07, 6.45) is 1.65. The number of anilines is 1. The number of carbonyl (C=O) groups is 2. The molecule has 0 fully saturated rings. The fourth-order valence-corrected chi connectivity index (χ4v) is 3.67. The number of fused-ring (bicyclic) bond motifs is 2. The zero-order valence-electron chi connectivity index (χ0n) is 18.5. The van der Waals surface area contributed by atoms with Crippen LogP contribution in [-0.2, 0) is 4.79 Å². The SMILES string of the molecule is COc1ccc(C)cc1NC(=O)COc1ccc2c(c1)OC(=Cc1ccc3c(c1)OCO3)C2=O. The maximum Gasteiger partial charge on any atom is 0.262 e. The Morgan fingerprint density at radius 3 is 2.74 bits per heavy atom. The van der Waals surface area contributed by atoms with Crippen molar-refractivity contribution in [1.82, 2.24) is 0 Å². The van der Waals surface area contributed by atoms with Crippen LogP contribution in [0.15, 0.2) is 60.4 Å². The van der Waals surface area contributed by atoms with E-state index >= 15 is 0 Å². The molecule has 0 atom stereocenters. The first-order chi connectivity index (χ1) is 16.5. The number of ketones is 1. The molecule has 8 heteroatoms. The number of methoxy groups -OCH3 is 1. The van der Waals surface area contributed by atoms with Crippen molar-refractivity contribution in [3.8, 4) is 28.7 Å². The number of hydrogen-bond donors (Lipinski definition) is 1. The second-order valence-corrected chi connectivity index (χ2v) is 7.75. The fourth-order valence-electron chi connectivity index (χ4n) is 3.67. The van der Waals surface area contributed by atoms with E-state index in [0.717, 1.165) is 11.1 Å². The highest BCUT2D eigenvalue weighted by molar-refractivity contribution is 6.14. The summed E-state index contributed by atoms with van der Waals surface area (Å²) in [5.41, 5.74) is 2.73.